The van der Waals surface area contributed by atoms with Crippen molar-refractivity contribution in [2.75, 3.05) is 6.54 Å². The molecule has 82 valence electrons. The second kappa shape index (κ2) is 5.48. The number of carbonyl (C=O) groups is 1. The average Bonchev–Trinajstić information content (AvgIpc) is 2.18. The van der Waals surface area contributed by atoms with Crippen LogP contribution in [0.2, 0.25) is 0 Å². The zero-order chi connectivity index (χ0) is 11.3. The molecule has 0 aliphatic heterocycles. The van der Waals surface area contributed by atoms with E-state index >= 15 is 0 Å². The van der Waals surface area contributed by atoms with Gasteiger partial charge in [-0.05, 0) is 24.1 Å². The Labute approximate surface area is 88.9 Å². The number of nitrogens with two attached hydrogens (primary N) is 2. The molecule has 1 atom stereocenters. The van der Waals surface area contributed by atoms with Gasteiger partial charge in [-0.2, -0.15) is 0 Å². The zero-order valence-corrected chi connectivity index (χ0v) is 8.52. The van der Waals surface area contributed by atoms with Gasteiger partial charge in [0, 0.05) is 6.04 Å². The predicted molar refractivity (Wildman–Crippen MR) is 58.4 cm³/mol. The van der Waals surface area contributed by atoms with Gasteiger partial charge in [0.2, 0.25) is 0 Å². The van der Waals surface area contributed by atoms with Gasteiger partial charge in [0.05, 0.1) is 6.42 Å². The van der Waals surface area contributed by atoms with Crippen LogP contribution >= 0.6 is 0 Å². The summed E-state index contributed by atoms with van der Waals surface area (Å²) in [7, 11) is 0. The highest BCUT2D eigenvalue weighted by atomic mass is 16.4. The van der Waals surface area contributed by atoms with Gasteiger partial charge in [0.15, 0.2) is 0 Å². The van der Waals surface area contributed by atoms with Crippen molar-refractivity contribution in [3.63, 3.8) is 0 Å². The van der Waals surface area contributed by atoms with Gasteiger partial charge in [-0.1, -0.05) is 24.3 Å². The number of rotatable bonds is 5. The van der Waals surface area contributed by atoms with Crippen LogP contribution in [0.3, 0.4) is 0 Å². The van der Waals surface area contributed by atoms with Crippen LogP contribution in [0.25, 0.3) is 0 Å². The highest BCUT2D eigenvalue weighted by molar-refractivity contribution is 5.70. The van der Waals surface area contributed by atoms with E-state index in [-0.39, 0.29) is 12.5 Å². The second-order valence-corrected chi connectivity index (χ2v) is 3.45. The molecule has 0 radical (unpaired) electrons. The minimum absolute atomic E-state index is 0.00838. The molecule has 0 saturated carbocycles. The normalized spacial score (nSPS) is 12.4. The fourth-order valence-corrected chi connectivity index (χ4v) is 1.55. The Balaban J connectivity index is 2.89. The van der Waals surface area contributed by atoms with E-state index in [0.29, 0.717) is 13.0 Å². The van der Waals surface area contributed by atoms with Crippen molar-refractivity contribution < 1.29 is 9.90 Å². The summed E-state index contributed by atoms with van der Waals surface area (Å²) in [6.45, 7) is 0.503. The van der Waals surface area contributed by atoms with Crippen molar-refractivity contribution >= 4 is 5.97 Å². The van der Waals surface area contributed by atoms with Crippen molar-refractivity contribution in [1.29, 1.82) is 0 Å². The molecule has 4 heteroatoms. The lowest BCUT2D eigenvalue weighted by molar-refractivity contribution is -0.136. The Hall–Kier alpha value is -1.39. The summed E-state index contributed by atoms with van der Waals surface area (Å²) in [5.41, 5.74) is 13.0. The van der Waals surface area contributed by atoms with E-state index in [9.17, 15) is 4.79 Å². The molecule has 0 amide bonds. The Kier molecular flexibility index (Phi) is 4.27. The third-order valence-electron chi connectivity index (χ3n) is 2.27. The molecular formula is C11H16N2O2. The number of hydrogen-bond acceptors (Lipinski definition) is 3. The average molecular weight is 208 g/mol. The molecule has 0 aliphatic carbocycles. The molecule has 4 nitrogen and oxygen atoms in total. The van der Waals surface area contributed by atoms with Gasteiger partial charge in [0.1, 0.15) is 0 Å². The second-order valence-electron chi connectivity index (χ2n) is 3.45. The highest BCUT2D eigenvalue weighted by Crippen LogP contribution is 2.18. The highest BCUT2D eigenvalue weighted by Gasteiger charge is 2.11. The summed E-state index contributed by atoms with van der Waals surface area (Å²) in [5, 5.41) is 8.74. The van der Waals surface area contributed by atoms with E-state index < -0.39 is 5.97 Å². The quantitative estimate of drug-likeness (QED) is 0.663. The molecule has 0 saturated heterocycles. The summed E-state index contributed by atoms with van der Waals surface area (Å²) in [6, 6.07) is 7.15. The predicted octanol–water partition coefficient (Wildman–Crippen LogP) is 0.662. The Morgan fingerprint density at radius 2 is 2.07 bits per heavy atom. The number of benzene rings is 1. The molecule has 0 aliphatic rings. The number of carboxylic acid groups (broad SMARTS) is 1. The van der Waals surface area contributed by atoms with Gasteiger partial charge in [-0.15, -0.1) is 0 Å². The molecule has 1 rings (SSSR count). The van der Waals surface area contributed by atoms with Crippen LogP contribution in [0.15, 0.2) is 24.3 Å². The maximum Gasteiger partial charge on any atom is 0.307 e. The van der Waals surface area contributed by atoms with Gasteiger partial charge < -0.3 is 16.6 Å². The maximum atomic E-state index is 10.6. The van der Waals surface area contributed by atoms with Gasteiger partial charge in [0.25, 0.3) is 0 Å². The lowest BCUT2D eigenvalue weighted by Crippen LogP contribution is -2.17. The topological polar surface area (TPSA) is 89.3 Å². The van der Waals surface area contributed by atoms with Crippen LogP contribution in [-0.4, -0.2) is 17.6 Å². The molecular weight excluding hydrogens is 192 g/mol. The molecule has 0 spiro atoms. The summed E-state index contributed by atoms with van der Waals surface area (Å²) in [6.07, 6.45) is 0.672. The lowest BCUT2D eigenvalue weighted by Gasteiger charge is -2.14. The van der Waals surface area contributed by atoms with Crippen LogP contribution in [0, 0.1) is 0 Å². The minimum Gasteiger partial charge on any atom is -0.481 e. The van der Waals surface area contributed by atoms with E-state index in [1.165, 1.54) is 0 Å². The van der Waals surface area contributed by atoms with Crippen molar-refractivity contribution in [2.45, 2.75) is 18.9 Å². The van der Waals surface area contributed by atoms with E-state index in [2.05, 4.69) is 0 Å². The van der Waals surface area contributed by atoms with Crippen LogP contribution in [0.5, 0.6) is 0 Å². The van der Waals surface area contributed by atoms with E-state index in [0.717, 1.165) is 11.1 Å². The summed E-state index contributed by atoms with van der Waals surface area (Å²) < 4.78 is 0. The van der Waals surface area contributed by atoms with Gasteiger partial charge >= 0.3 is 5.97 Å². The first-order valence-corrected chi connectivity index (χ1v) is 4.90. The third-order valence-corrected chi connectivity index (χ3v) is 2.27. The summed E-state index contributed by atoms with van der Waals surface area (Å²) in [4.78, 5) is 10.6. The largest absolute Gasteiger partial charge is 0.481 e. The number of carboxylic acids is 1. The van der Waals surface area contributed by atoms with E-state index in [1.54, 1.807) is 6.07 Å². The van der Waals surface area contributed by atoms with Crippen molar-refractivity contribution in [3.8, 4) is 0 Å². The summed E-state index contributed by atoms with van der Waals surface area (Å²) >= 11 is 0. The monoisotopic (exact) mass is 208 g/mol. The van der Waals surface area contributed by atoms with Crippen molar-refractivity contribution in [1.82, 2.24) is 0 Å². The standard InChI is InChI=1S/C11H16N2O2/c12-6-5-10(13)9-4-2-1-3-8(9)7-11(14)15/h1-4,10H,5-7,12-13H2,(H,14,15). The van der Waals surface area contributed by atoms with Gasteiger partial charge in [-0.3, -0.25) is 4.79 Å². The Morgan fingerprint density at radius 3 is 2.67 bits per heavy atom. The molecule has 0 bridgehead atoms. The molecule has 0 fully saturated rings. The maximum absolute atomic E-state index is 10.6. The molecule has 5 N–H and O–H groups in total. The Bertz CT molecular complexity index is 339. The minimum atomic E-state index is -0.845. The third kappa shape index (κ3) is 3.34. The fourth-order valence-electron chi connectivity index (χ4n) is 1.55. The number of hydrogen-bond donors (Lipinski definition) is 3. The van der Waals surface area contributed by atoms with Crippen LogP contribution in [-0.2, 0) is 11.2 Å². The molecule has 15 heavy (non-hydrogen) atoms. The number of aliphatic carboxylic acids is 1. The first-order chi connectivity index (χ1) is 7.15. The van der Waals surface area contributed by atoms with Crippen molar-refractivity contribution in [3.05, 3.63) is 35.4 Å². The van der Waals surface area contributed by atoms with Crippen LogP contribution in [0.4, 0.5) is 0 Å². The molecule has 0 heterocycles. The first-order valence-electron chi connectivity index (χ1n) is 4.90. The SMILES string of the molecule is NCCC(N)c1ccccc1CC(=O)O. The van der Waals surface area contributed by atoms with Crippen LogP contribution in [0.1, 0.15) is 23.6 Å². The molecule has 1 aromatic rings. The van der Waals surface area contributed by atoms with Gasteiger partial charge in [-0.25, -0.2) is 0 Å². The van der Waals surface area contributed by atoms with E-state index in [4.69, 9.17) is 16.6 Å². The summed E-state index contributed by atoms with van der Waals surface area (Å²) in [5.74, 6) is -0.845. The van der Waals surface area contributed by atoms with Crippen molar-refractivity contribution in [2.24, 2.45) is 11.5 Å². The molecule has 1 unspecified atom stereocenters. The lowest BCUT2D eigenvalue weighted by atomic mass is 9.97. The van der Waals surface area contributed by atoms with Crippen LogP contribution < -0.4 is 11.5 Å². The molecule has 0 aromatic heterocycles. The molecule has 1 aromatic carbocycles. The zero-order valence-electron chi connectivity index (χ0n) is 8.52. The fraction of sp³-hybridized carbons (Fsp3) is 0.364. The Morgan fingerprint density at radius 1 is 1.40 bits per heavy atom. The smallest absolute Gasteiger partial charge is 0.307 e. The first kappa shape index (κ1) is 11.7. The van der Waals surface area contributed by atoms with E-state index in [1.807, 2.05) is 18.2 Å².